The normalized spacial score (nSPS) is 25.3. The van der Waals surface area contributed by atoms with Gasteiger partial charge in [0.2, 0.25) is 11.8 Å². The van der Waals surface area contributed by atoms with Crippen LogP contribution in [0, 0.1) is 11.2 Å². The van der Waals surface area contributed by atoms with E-state index in [-0.39, 0.29) is 23.0 Å². The van der Waals surface area contributed by atoms with Gasteiger partial charge in [-0.05, 0) is 24.3 Å². The molecule has 2 N–H and O–H groups in total. The molecule has 1 atom stereocenters. The largest absolute Gasteiger partial charge is 0.355 e. The van der Waals surface area contributed by atoms with Gasteiger partial charge in [-0.15, -0.1) is 0 Å². The maximum absolute atomic E-state index is 14.3. The fourth-order valence-electron chi connectivity index (χ4n) is 3.93. The maximum Gasteiger partial charge on any atom is 0.234 e. The summed E-state index contributed by atoms with van der Waals surface area (Å²) in [6.45, 7) is 7.24. The third-order valence-corrected chi connectivity index (χ3v) is 5.51. The van der Waals surface area contributed by atoms with E-state index in [1.54, 1.807) is 18.2 Å². The molecule has 0 aromatic heterocycles. The van der Waals surface area contributed by atoms with Crippen molar-refractivity contribution in [2.24, 2.45) is 5.41 Å². The molecule has 0 bridgehead atoms. The molecule has 136 valence electrons. The Balaban J connectivity index is 1.56. The minimum Gasteiger partial charge on any atom is -0.355 e. The monoisotopic (exact) mass is 347 g/mol. The average molecular weight is 347 g/mol. The molecule has 1 saturated carbocycles. The predicted molar refractivity (Wildman–Crippen MR) is 93.6 cm³/mol. The van der Waals surface area contributed by atoms with Crippen LogP contribution < -0.4 is 10.6 Å². The molecule has 1 aliphatic heterocycles. The summed E-state index contributed by atoms with van der Waals surface area (Å²) in [4.78, 5) is 26.3. The molecule has 2 amide bonds. The van der Waals surface area contributed by atoms with Gasteiger partial charge in [-0.2, -0.15) is 0 Å². The lowest BCUT2D eigenvalue weighted by molar-refractivity contribution is -0.125. The number of halogens is 1. The van der Waals surface area contributed by atoms with Crippen molar-refractivity contribution < 1.29 is 14.0 Å². The van der Waals surface area contributed by atoms with Crippen molar-refractivity contribution in [2.75, 3.05) is 32.7 Å². The lowest BCUT2D eigenvalue weighted by Gasteiger charge is -2.26. The Hall–Kier alpha value is -1.95. The van der Waals surface area contributed by atoms with Gasteiger partial charge in [0.25, 0.3) is 0 Å². The number of nitrogens with one attached hydrogen (secondary N) is 2. The highest BCUT2D eigenvalue weighted by Gasteiger charge is 2.67. The minimum absolute atomic E-state index is 0.0496. The minimum atomic E-state index is -0.774. The number of amides is 2. The second kappa shape index (κ2) is 6.75. The molecular formula is C19H26FN3O2. The number of carbonyl (C=O) groups excluding carboxylic acids is 2. The van der Waals surface area contributed by atoms with E-state index in [1.165, 1.54) is 6.07 Å². The molecule has 2 fully saturated rings. The number of rotatable bonds is 6. The van der Waals surface area contributed by atoms with Crippen LogP contribution in [-0.4, -0.2) is 49.4 Å². The fraction of sp³-hybridized carbons (Fsp3) is 0.579. The van der Waals surface area contributed by atoms with Crippen molar-refractivity contribution in [3.05, 3.63) is 35.6 Å². The molecule has 25 heavy (non-hydrogen) atoms. The summed E-state index contributed by atoms with van der Waals surface area (Å²) in [6, 6.07) is 6.56. The zero-order valence-corrected chi connectivity index (χ0v) is 14.9. The molecular weight excluding hydrogens is 321 g/mol. The van der Waals surface area contributed by atoms with Crippen molar-refractivity contribution in [2.45, 2.75) is 32.1 Å². The van der Waals surface area contributed by atoms with Gasteiger partial charge in [0.1, 0.15) is 5.82 Å². The number of carbonyl (C=O) groups is 2. The van der Waals surface area contributed by atoms with Gasteiger partial charge in [-0.25, -0.2) is 4.39 Å². The van der Waals surface area contributed by atoms with E-state index in [0.717, 1.165) is 19.5 Å². The van der Waals surface area contributed by atoms with Crippen molar-refractivity contribution in [3.8, 4) is 0 Å². The SMILES string of the molecule is CC1(C)CC1(C(=O)NCCCN1CCNC(=O)C1)c1ccccc1F. The number of piperazine rings is 1. The second-order valence-corrected chi connectivity index (χ2v) is 7.68. The molecule has 1 aliphatic carbocycles. The summed E-state index contributed by atoms with van der Waals surface area (Å²) in [7, 11) is 0. The van der Waals surface area contributed by atoms with Crippen molar-refractivity contribution >= 4 is 11.8 Å². The Morgan fingerprint density at radius 3 is 2.72 bits per heavy atom. The second-order valence-electron chi connectivity index (χ2n) is 7.68. The lowest BCUT2D eigenvalue weighted by Crippen LogP contribution is -2.48. The van der Waals surface area contributed by atoms with Gasteiger partial charge >= 0.3 is 0 Å². The molecule has 6 heteroatoms. The van der Waals surface area contributed by atoms with E-state index in [0.29, 0.717) is 31.6 Å². The zero-order valence-electron chi connectivity index (χ0n) is 14.9. The van der Waals surface area contributed by atoms with Crippen LogP contribution in [0.4, 0.5) is 4.39 Å². The van der Waals surface area contributed by atoms with Gasteiger partial charge in [-0.1, -0.05) is 32.0 Å². The number of hydrogen-bond acceptors (Lipinski definition) is 3. The Kier molecular flexibility index (Phi) is 4.82. The van der Waals surface area contributed by atoms with E-state index in [1.807, 2.05) is 13.8 Å². The van der Waals surface area contributed by atoms with Crippen LogP contribution in [0.2, 0.25) is 0 Å². The van der Waals surface area contributed by atoms with Crippen LogP contribution in [0.15, 0.2) is 24.3 Å². The lowest BCUT2D eigenvalue weighted by atomic mass is 9.86. The van der Waals surface area contributed by atoms with Crippen LogP contribution in [0.1, 0.15) is 32.3 Å². The van der Waals surface area contributed by atoms with E-state index < -0.39 is 5.41 Å². The smallest absolute Gasteiger partial charge is 0.234 e. The molecule has 1 saturated heterocycles. The van der Waals surface area contributed by atoms with E-state index in [2.05, 4.69) is 15.5 Å². The first-order valence-corrected chi connectivity index (χ1v) is 8.89. The van der Waals surface area contributed by atoms with Crippen molar-refractivity contribution in [1.82, 2.24) is 15.5 Å². The molecule has 5 nitrogen and oxygen atoms in total. The number of nitrogens with zero attached hydrogens (tertiary/aromatic N) is 1. The van der Waals surface area contributed by atoms with Gasteiger partial charge in [0, 0.05) is 31.7 Å². The number of benzene rings is 1. The Morgan fingerprint density at radius 1 is 1.36 bits per heavy atom. The highest BCUT2D eigenvalue weighted by atomic mass is 19.1. The summed E-state index contributed by atoms with van der Waals surface area (Å²) >= 11 is 0. The van der Waals surface area contributed by atoms with Crippen LogP contribution >= 0.6 is 0 Å². The van der Waals surface area contributed by atoms with E-state index >= 15 is 0 Å². The molecule has 1 heterocycles. The quantitative estimate of drug-likeness (QED) is 0.766. The van der Waals surface area contributed by atoms with Gasteiger partial charge in [0.05, 0.1) is 12.0 Å². The van der Waals surface area contributed by atoms with E-state index in [4.69, 9.17) is 0 Å². The predicted octanol–water partition coefficient (Wildman–Crippen LogP) is 1.43. The molecule has 1 aromatic rings. The average Bonchev–Trinajstić information content (AvgIpc) is 3.15. The molecule has 1 aromatic carbocycles. The maximum atomic E-state index is 14.3. The molecule has 0 radical (unpaired) electrons. The van der Waals surface area contributed by atoms with Crippen LogP contribution in [0.25, 0.3) is 0 Å². The van der Waals surface area contributed by atoms with Crippen molar-refractivity contribution in [1.29, 1.82) is 0 Å². The molecule has 1 unspecified atom stereocenters. The van der Waals surface area contributed by atoms with Gasteiger partial charge in [0.15, 0.2) is 0 Å². The molecule has 3 rings (SSSR count). The van der Waals surface area contributed by atoms with Crippen LogP contribution in [0.5, 0.6) is 0 Å². The third-order valence-electron chi connectivity index (χ3n) is 5.51. The summed E-state index contributed by atoms with van der Waals surface area (Å²) < 4.78 is 14.3. The Bertz CT molecular complexity index is 676. The first-order chi connectivity index (χ1) is 11.9. The van der Waals surface area contributed by atoms with Crippen LogP contribution in [-0.2, 0) is 15.0 Å². The highest BCUT2D eigenvalue weighted by Crippen LogP contribution is 2.64. The highest BCUT2D eigenvalue weighted by molar-refractivity contribution is 5.93. The van der Waals surface area contributed by atoms with E-state index in [9.17, 15) is 14.0 Å². The topological polar surface area (TPSA) is 61.4 Å². The summed E-state index contributed by atoms with van der Waals surface area (Å²) in [5.74, 6) is -0.366. The summed E-state index contributed by atoms with van der Waals surface area (Å²) in [5, 5.41) is 5.78. The standard InChI is InChI=1S/C19H26FN3O2/c1-18(2)13-19(18,14-6-3-4-7-15(14)20)17(25)22-8-5-10-23-11-9-21-16(24)12-23/h3-4,6-7H,5,8-13H2,1-2H3,(H,21,24)(H,22,25). The van der Waals surface area contributed by atoms with Gasteiger partial charge in [-0.3, -0.25) is 14.5 Å². The zero-order chi connectivity index (χ0) is 18.1. The summed E-state index contributed by atoms with van der Waals surface area (Å²) in [6.07, 6.45) is 1.42. The number of hydrogen-bond donors (Lipinski definition) is 2. The van der Waals surface area contributed by atoms with Crippen LogP contribution in [0.3, 0.4) is 0 Å². The third kappa shape index (κ3) is 3.40. The molecule has 2 aliphatic rings. The first kappa shape index (κ1) is 17.9. The van der Waals surface area contributed by atoms with Crippen molar-refractivity contribution in [3.63, 3.8) is 0 Å². The first-order valence-electron chi connectivity index (χ1n) is 8.89. The Labute approximate surface area is 148 Å². The Morgan fingerprint density at radius 2 is 2.08 bits per heavy atom. The summed E-state index contributed by atoms with van der Waals surface area (Å²) in [5.41, 5.74) is -0.529. The fourth-order valence-corrected chi connectivity index (χ4v) is 3.93. The molecule has 0 spiro atoms. The van der Waals surface area contributed by atoms with Gasteiger partial charge < -0.3 is 10.6 Å².